The first-order chi connectivity index (χ1) is 11.4. The van der Waals surface area contributed by atoms with Crippen molar-refractivity contribution in [1.82, 2.24) is 5.32 Å². The highest BCUT2D eigenvalue weighted by Gasteiger charge is 2.12. The van der Waals surface area contributed by atoms with Gasteiger partial charge in [-0.25, -0.2) is 13.2 Å². The van der Waals surface area contributed by atoms with Crippen molar-refractivity contribution in [2.75, 3.05) is 17.6 Å². The Morgan fingerprint density at radius 3 is 2.58 bits per heavy atom. The number of carbonyl (C=O) groups excluding carboxylic acids is 1. The van der Waals surface area contributed by atoms with Crippen molar-refractivity contribution in [2.24, 2.45) is 0 Å². The molecule has 2 aromatic rings. The van der Waals surface area contributed by atoms with Crippen LogP contribution in [0.15, 0.2) is 36.4 Å². The number of nitrogen functional groups attached to an aromatic ring is 1. The maximum atomic E-state index is 13.6. The fourth-order valence-corrected chi connectivity index (χ4v) is 2.22. The van der Waals surface area contributed by atoms with Crippen LogP contribution in [0.5, 0.6) is 0 Å². The summed E-state index contributed by atoms with van der Waals surface area (Å²) in [6.07, 6.45) is 0.0569. The zero-order chi connectivity index (χ0) is 17.7. The standard InChI is InChI=1S/C17H18F3N3O/c1-10(13-4-2-11(18)8-15(13)20)22-7-6-17(24)23-16-9-12(21)3-5-14(16)19/h2-5,8-10,22H,6-7,21H2,1H3,(H,23,24)/t10-/m0/s1. The third-order valence-corrected chi connectivity index (χ3v) is 3.50. The number of nitrogens with two attached hydrogens (primary N) is 1. The Labute approximate surface area is 137 Å². The highest BCUT2D eigenvalue weighted by atomic mass is 19.1. The average Bonchev–Trinajstić information content (AvgIpc) is 2.50. The second-order valence-corrected chi connectivity index (χ2v) is 5.38. The largest absolute Gasteiger partial charge is 0.399 e. The lowest BCUT2D eigenvalue weighted by atomic mass is 10.1. The highest BCUT2D eigenvalue weighted by Crippen LogP contribution is 2.19. The molecule has 0 heterocycles. The van der Waals surface area contributed by atoms with E-state index in [9.17, 15) is 18.0 Å². The van der Waals surface area contributed by atoms with E-state index in [0.29, 0.717) is 11.3 Å². The molecule has 4 N–H and O–H groups in total. The van der Waals surface area contributed by atoms with Crippen LogP contribution < -0.4 is 16.4 Å². The molecule has 0 aliphatic rings. The van der Waals surface area contributed by atoms with E-state index < -0.39 is 29.4 Å². The van der Waals surface area contributed by atoms with E-state index in [2.05, 4.69) is 10.6 Å². The molecule has 0 aliphatic carbocycles. The SMILES string of the molecule is C[C@H](NCCC(=O)Nc1cc(N)ccc1F)c1ccc(F)cc1F. The first-order valence-electron chi connectivity index (χ1n) is 7.40. The molecule has 0 bridgehead atoms. The zero-order valence-electron chi connectivity index (χ0n) is 13.1. The Bertz CT molecular complexity index is 737. The van der Waals surface area contributed by atoms with Gasteiger partial charge in [-0.3, -0.25) is 4.79 Å². The number of carbonyl (C=O) groups is 1. The molecular weight excluding hydrogens is 319 g/mol. The van der Waals surface area contributed by atoms with Gasteiger partial charge in [-0.05, 0) is 31.2 Å². The minimum Gasteiger partial charge on any atom is -0.399 e. The van der Waals surface area contributed by atoms with Crippen LogP contribution in [0, 0.1) is 17.5 Å². The lowest BCUT2D eigenvalue weighted by Gasteiger charge is -2.15. The summed E-state index contributed by atoms with van der Waals surface area (Å²) in [7, 11) is 0. The van der Waals surface area contributed by atoms with Crippen molar-refractivity contribution < 1.29 is 18.0 Å². The number of amides is 1. The van der Waals surface area contributed by atoms with Crippen LogP contribution in [-0.4, -0.2) is 12.5 Å². The molecule has 1 atom stereocenters. The van der Waals surface area contributed by atoms with Crippen LogP contribution in [0.1, 0.15) is 24.9 Å². The zero-order valence-corrected chi connectivity index (χ0v) is 13.1. The molecular formula is C17H18F3N3O. The predicted octanol–water partition coefficient (Wildman–Crippen LogP) is 3.37. The molecule has 2 aromatic carbocycles. The summed E-state index contributed by atoms with van der Waals surface area (Å²) in [4.78, 5) is 11.8. The van der Waals surface area contributed by atoms with Gasteiger partial charge in [-0.1, -0.05) is 6.07 Å². The van der Waals surface area contributed by atoms with E-state index in [1.54, 1.807) is 6.92 Å². The first kappa shape index (κ1) is 17.8. The summed E-state index contributed by atoms with van der Waals surface area (Å²) in [6.45, 7) is 1.94. The maximum Gasteiger partial charge on any atom is 0.225 e. The minimum absolute atomic E-state index is 0.0117. The van der Waals surface area contributed by atoms with Crippen LogP contribution in [-0.2, 0) is 4.79 Å². The van der Waals surface area contributed by atoms with Gasteiger partial charge in [0.2, 0.25) is 5.91 Å². The molecule has 0 spiro atoms. The van der Waals surface area contributed by atoms with Crippen LogP contribution in [0.3, 0.4) is 0 Å². The van der Waals surface area contributed by atoms with E-state index in [1.165, 1.54) is 30.3 Å². The van der Waals surface area contributed by atoms with Gasteiger partial charge in [-0.15, -0.1) is 0 Å². The molecule has 0 radical (unpaired) electrons. The summed E-state index contributed by atoms with van der Waals surface area (Å²) in [5, 5.41) is 5.39. The molecule has 0 fully saturated rings. The Hall–Kier alpha value is -2.54. The Morgan fingerprint density at radius 2 is 1.88 bits per heavy atom. The molecule has 4 nitrogen and oxygen atoms in total. The van der Waals surface area contributed by atoms with Gasteiger partial charge in [0.15, 0.2) is 0 Å². The van der Waals surface area contributed by atoms with Gasteiger partial charge in [0.1, 0.15) is 17.5 Å². The number of anilines is 2. The van der Waals surface area contributed by atoms with Crippen molar-refractivity contribution >= 4 is 17.3 Å². The molecule has 0 aliphatic heterocycles. The predicted molar refractivity (Wildman–Crippen MR) is 86.8 cm³/mol. The fraction of sp³-hybridized carbons (Fsp3) is 0.235. The Kier molecular flexibility index (Phi) is 5.81. The minimum atomic E-state index is -0.652. The van der Waals surface area contributed by atoms with E-state index in [4.69, 9.17) is 5.73 Å². The molecule has 128 valence electrons. The second-order valence-electron chi connectivity index (χ2n) is 5.38. The fourth-order valence-electron chi connectivity index (χ4n) is 2.22. The van der Waals surface area contributed by atoms with Gasteiger partial charge < -0.3 is 16.4 Å². The molecule has 7 heteroatoms. The van der Waals surface area contributed by atoms with Gasteiger partial charge >= 0.3 is 0 Å². The average molecular weight is 337 g/mol. The summed E-state index contributed by atoms with van der Waals surface area (Å²) in [6, 6.07) is 6.83. The lowest BCUT2D eigenvalue weighted by Crippen LogP contribution is -2.25. The van der Waals surface area contributed by atoms with Crippen LogP contribution in [0.25, 0.3) is 0 Å². The van der Waals surface area contributed by atoms with E-state index in [0.717, 1.165) is 6.07 Å². The van der Waals surface area contributed by atoms with E-state index >= 15 is 0 Å². The molecule has 0 unspecified atom stereocenters. The third-order valence-electron chi connectivity index (χ3n) is 3.50. The number of hydrogen-bond donors (Lipinski definition) is 3. The Balaban J connectivity index is 1.85. The van der Waals surface area contributed by atoms with Crippen molar-refractivity contribution in [1.29, 1.82) is 0 Å². The van der Waals surface area contributed by atoms with Crippen LogP contribution in [0.2, 0.25) is 0 Å². The van der Waals surface area contributed by atoms with Crippen LogP contribution in [0.4, 0.5) is 24.5 Å². The van der Waals surface area contributed by atoms with E-state index in [-0.39, 0.29) is 18.7 Å². The van der Waals surface area contributed by atoms with Gasteiger partial charge in [0.25, 0.3) is 0 Å². The molecule has 24 heavy (non-hydrogen) atoms. The number of nitrogens with one attached hydrogen (secondary N) is 2. The molecule has 1 amide bonds. The monoisotopic (exact) mass is 337 g/mol. The number of rotatable bonds is 6. The van der Waals surface area contributed by atoms with Crippen molar-refractivity contribution in [2.45, 2.75) is 19.4 Å². The quantitative estimate of drug-likeness (QED) is 0.708. The summed E-state index contributed by atoms with van der Waals surface area (Å²) in [5.41, 5.74) is 6.19. The van der Waals surface area contributed by atoms with Gasteiger partial charge in [0, 0.05) is 36.3 Å². The van der Waals surface area contributed by atoms with Crippen molar-refractivity contribution in [3.8, 4) is 0 Å². The maximum absolute atomic E-state index is 13.6. The third kappa shape index (κ3) is 4.73. The van der Waals surface area contributed by atoms with Gasteiger partial charge in [-0.2, -0.15) is 0 Å². The molecule has 0 saturated heterocycles. The summed E-state index contributed by atoms with van der Waals surface area (Å²) >= 11 is 0. The summed E-state index contributed by atoms with van der Waals surface area (Å²) in [5.74, 6) is -2.28. The molecule has 2 rings (SSSR count). The van der Waals surface area contributed by atoms with E-state index in [1.807, 2.05) is 0 Å². The molecule has 0 saturated carbocycles. The van der Waals surface area contributed by atoms with Gasteiger partial charge in [0.05, 0.1) is 5.69 Å². The lowest BCUT2D eigenvalue weighted by molar-refractivity contribution is -0.116. The van der Waals surface area contributed by atoms with Crippen LogP contribution >= 0.6 is 0 Å². The number of benzene rings is 2. The molecule has 0 aromatic heterocycles. The Morgan fingerprint density at radius 1 is 1.12 bits per heavy atom. The summed E-state index contributed by atoms with van der Waals surface area (Å²) < 4.78 is 40.0. The smallest absolute Gasteiger partial charge is 0.225 e. The number of hydrogen-bond acceptors (Lipinski definition) is 3. The second kappa shape index (κ2) is 7.83. The van der Waals surface area contributed by atoms with Crippen molar-refractivity contribution in [3.63, 3.8) is 0 Å². The van der Waals surface area contributed by atoms with Crippen molar-refractivity contribution in [3.05, 3.63) is 59.4 Å². The first-order valence-corrected chi connectivity index (χ1v) is 7.40. The number of halogens is 3. The highest BCUT2D eigenvalue weighted by molar-refractivity contribution is 5.91. The topological polar surface area (TPSA) is 67.2 Å². The normalized spacial score (nSPS) is 12.0.